The first-order valence-corrected chi connectivity index (χ1v) is 12.3. The molecule has 8 heteroatoms. The zero-order chi connectivity index (χ0) is 24.1. The molecular formula is C24H53N5O3. The van der Waals surface area contributed by atoms with Crippen molar-refractivity contribution in [1.82, 2.24) is 24.5 Å². The summed E-state index contributed by atoms with van der Waals surface area (Å²) in [6.45, 7) is 15.4. The van der Waals surface area contributed by atoms with Gasteiger partial charge in [0, 0.05) is 51.4 Å². The van der Waals surface area contributed by atoms with Gasteiger partial charge in [0.1, 0.15) is 0 Å². The molecule has 6 aliphatic heterocycles. The summed E-state index contributed by atoms with van der Waals surface area (Å²) in [5.41, 5.74) is 0. The summed E-state index contributed by atoms with van der Waals surface area (Å²) in [6.07, 6.45) is 2.43. The van der Waals surface area contributed by atoms with Gasteiger partial charge in [-0.2, -0.15) is 0 Å². The molecule has 32 heavy (non-hydrogen) atoms. The maximum atomic E-state index is 5.38. The van der Waals surface area contributed by atoms with E-state index in [2.05, 4.69) is 61.6 Å². The van der Waals surface area contributed by atoms with Crippen molar-refractivity contribution in [3.8, 4) is 0 Å². The van der Waals surface area contributed by atoms with Crippen LogP contribution in [-0.4, -0.2) is 164 Å². The van der Waals surface area contributed by atoms with Crippen molar-refractivity contribution in [2.75, 3.05) is 115 Å². The third-order valence-electron chi connectivity index (χ3n) is 5.75. The van der Waals surface area contributed by atoms with E-state index in [0.29, 0.717) is 12.2 Å². The third-order valence-corrected chi connectivity index (χ3v) is 5.75. The molecule has 6 rings (SSSR count). The van der Waals surface area contributed by atoms with Gasteiger partial charge in [-0.05, 0) is 69.6 Å². The van der Waals surface area contributed by atoms with Crippen LogP contribution in [0.2, 0.25) is 0 Å². The van der Waals surface area contributed by atoms with Crippen LogP contribution in [0, 0.1) is 0 Å². The molecule has 0 aromatic rings. The van der Waals surface area contributed by atoms with E-state index in [9.17, 15) is 0 Å². The molecule has 0 aromatic heterocycles. The lowest BCUT2D eigenvalue weighted by Crippen LogP contribution is -2.33. The number of hydrogen-bond acceptors (Lipinski definition) is 8. The van der Waals surface area contributed by atoms with Gasteiger partial charge in [-0.25, -0.2) is 0 Å². The van der Waals surface area contributed by atoms with Gasteiger partial charge in [0.2, 0.25) is 0 Å². The number of likely N-dealkylation sites (tertiary alicyclic amines) is 1. The maximum absolute atomic E-state index is 5.38. The zero-order valence-electron chi connectivity index (χ0n) is 22.5. The molecule has 6 aliphatic rings. The molecular weight excluding hydrogens is 406 g/mol. The first kappa shape index (κ1) is 29.7. The number of rotatable bonds is 0. The van der Waals surface area contributed by atoms with Gasteiger partial charge in [0.05, 0.1) is 38.6 Å². The van der Waals surface area contributed by atoms with Crippen molar-refractivity contribution in [3.05, 3.63) is 0 Å². The fraction of sp³-hybridized carbons (Fsp3) is 1.00. The summed E-state index contributed by atoms with van der Waals surface area (Å²) >= 11 is 0. The minimum atomic E-state index is 0.574. The molecule has 6 fully saturated rings. The number of likely N-dealkylation sites (N-methyl/N-ethyl adjacent to an activating group) is 4. The molecule has 192 valence electrons. The largest absolute Gasteiger partial charge is 0.379 e. The van der Waals surface area contributed by atoms with Gasteiger partial charge in [-0.15, -0.1) is 0 Å². The van der Waals surface area contributed by atoms with Crippen LogP contribution in [0.5, 0.6) is 0 Å². The van der Waals surface area contributed by atoms with E-state index in [1.54, 1.807) is 0 Å². The van der Waals surface area contributed by atoms with E-state index >= 15 is 0 Å². The molecule has 0 aromatic carbocycles. The minimum absolute atomic E-state index is 0.574. The van der Waals surface area contributed by atoms with Crippen molar-refractivity contribution in [2.24, 2.45) is 0 Å². The second-order valence-corrected chi connectivity index (χ2v) is 10.3. The average molecular weight is 460 g/mol. The molecule has 8 nitrogen and oxygen atoms in total. The molecule has 0 amide bonds. The monoisotopic (exact) mass is 459 g/mol. The highest BCUT2D eigenvalue weighted by atomic mass is 16.6. The van der Waals surface area contributed by atoms with E-state index in [4.69, 9.17) is 14.2 Å². The highest BCUT2D eigenvalue weighted by molar-refractivity contribution is 4.89. The van der Waals surface area contributed by atoms with Crippen LogP contribution >= 0.6 is 0 Å². The number of hydrogen-bond donors (Lipinski definition) is 0. The fourth-order valence-electron chi connectivity index (χ4n) is 2.81. The summed E-state index contributed by atoms with van der Waals surface area (Å²) < 4.78 is 15.2. The Morgan fingerprint density at radius 2 is 1.12 bits per heavy atom. The predicted octanol–water partition coefficient (Wildman–Crippen LogP) is 0.873. The first-order chi connectivity index (χ1) is 15.1. The predicted molar refractivity (Wildman–Crippen MR) is 134 cm³/mol. The normalized spacial score (nSPS) is 34.1. The second-order valence-electron chi connectivity index (χ2n) is 10.3. The van der Waals surface area contributed by atoms with Gasteiger partial charge in [-0.3, -0.25) is 4.90 Å². The van der Waals surface area contributed by atoms with E-state index in [1.165, 1.54) is 26.1 Å². The lowest BCUT2D eigenvalue weighted by atomic mass is 10.2. The Balaban J connectivity index is 0.000000197. The molecule has 0 aliphatic carbocycles. The Bertz CT molecular complexity index is 436. The van der Waals surface area contributed by atoms with Crippen LogP contribution in [0.1, 0.15) is 20.3 Å². The molecule has 0 N–H and O–H groups in total. The van der Waals surface area contributed by atoms with Crippen LogP contribution in [0.25, 0.3) is 0 Å². The summed E-state index contributed by atoms with van der Waals surface area (Å²) in [5, 5.41) is 0. The second kappa shape index (κ2) is 16.3. The number of nitrogens with zero attached hydrogens (tertiary/aromatic N) is 5. The molecule has 3 unspecified atom stereocenters. The lowest BCUT2D eigenvalue weighted by Gasteiger charge is -2.21. The number of epoxide rings is 1. The van der Waals surface area contributed by atoms with Gasteiger partial charge >= 0.3 is 0 Å². The summed E-state index contributed by atoms with van der Waals surface area (Å²) in [6, 6.07) is 1.63. The van der Waals surface area contributed by atoms with Gasteiger partial charge in [-0.1, -0.05) is 0 Å². The van der Waals surface area contributed by atoms with Crippen molar-refractivity contribution < 1.29 is 14.2 Å². The van der Waals surface area contributed by atoms with Crippen LogP contribution in [0.15, 0.2) is 0 Å². The van der Waals surface area contributed by atoms with Gasteiger partial charge in [0.15, 0.2) is 0 Å². The standard InChI is InChI=1S/C6H11NO.C5H11NO.C4H9N.C3H7N.C3H9N.C3H6O/c1-7-3-6-2-5(7)4-8-6;1-6-2-4-7-5-3-6;1-4-3-5(4)2;1-4-2-3-4;1-4(2)3;1-3-2-4-3/h5-6H,2-4H2,1H3;2-5H2,1H3;4H,3H2,1-2H3;2-3H2,1H3;1-3H3;3H,2H2,1H3/t5-,6-;;;;;/m0...../s1. The Kier molecular flexibility index (Phi) is 15.2. The Morgan fingerprint density at radius 1 is 0.719 bits per heavy atom. The average Bonchev–Trinajstić information content (AvgIpc) is 3.69. The smallest absolute Gasteiger partial charge is 0.0781 e. The topological polar surface area (TPSA) is 46.7 Å². The van der Waals surface area contributed by atoms with E-state index in [1.807, 2.05) is 26.0 Å². The first-order valence-electron chi connectivity index (χ1n) is 12.3. The lowest BCUT2D eigenvalue weighted by molar-refractivity contribution is 0.0416. The SMILES string of the molecule is CC1CN1C.CC1CO1.CN(C)C.CN1CC1.CN1CCOCC1.CN1C[C@@H]2C[C@H]1CO2. The highest BCUT2D eigenvalue weighted by Gasteiger charge is 2.36. The van der Waals surface area contributed by atoms with Crippen LogP contribution in [-0.2, 0) is 14.2 Å². The third kappa shape index (κ3) is 18.1. The Labute approximate surface area is 198 Å². The Morgan fingerprint density at radius 3 is 1.25 bits per heavy atom. The zero-order valence-corrected chi connectivity index (χ0v) is 22.5. The van der Waals surface area contributed by atoms with Gasteiger partial charge in [0.25, 0.3) is 0 Å². The van der Waals surface area contributed by atoms with Crippen molar-refractivity contribution in [1.29, 1.82) is 0 Å². The summed E-state index contributed by atoms with van der Waals surface area (Å²) in [5.74, 6) is 0. The van der Waals surface area contributed by atoms with E-state index < -0.39 is 0 Å². The maximum Gasteiger partial charge on any atom is 0.0781 e. The Hall–Kier alpha value is -0.320. The van der Waals surface area contributed by atoms with Crippen LogP contribution < -0.4 is 0 Å². The summed E-state index contributed by atoms with van der Waals surface area (Å²) in [4.78, 5) is 11.2. The molecule has 0 spiro atoms. The van der Waals surface area contributed by atoms with E-state index in [0.717, 1.165) is 58.1 Å². The minimum Gasteiger partial charge on any atom is -0.379 e. The number of ether oxygens (including phenoxy) is 3. The fourth-order valence-corrected chi connectivity index (χ4v) is 2.81. The number of morpholine rings is 2. The number of fused-ring (bicyclic) bond motifs is 2. The van der Waals surface area contributed by atoms with Crippen LogP contribution in [0.3, 0.4) is 0 Å². The molecule has 6 heterocycles. The molecule has 5 atom stereocenters. The molecule has 2 bridgehead atoms. The molecule has 0 saturated carbocycles. The van der Waals surface area contributed by atoms with Crippen molar-refractivity contribution in [2.45, 2.75) is 44.6 Å². The molecule has 0 radical (unpaired) electrons. The van der Waals surface area contributed by atoms with Crippen molar-refractivity contribution >= 4 is 0 Å². The van der Waals surface area contributed by atoms with Crippen LogP contribution in [0.4, 0.5) is 0 Å². The highest BCUT2D eigenvalue weighted by Crippen LogP contribution is 2.25. The molecule has 6 saturated heterocycles. The summed E-state index contributed by atoms with van der Waals surface area (Å²) in [7, 11) is 14.5. The quantitative estimate of drug-likeness (QED) is 0.495. The van der Waals surface area contributed by atoms with E-state index in [-0.39, 0.29) is 0 Å². The van der Waals surface area contributed by atoms with Crippen molar-refractivity contribution in [3.63, 3.8) is 0 Å². The van der Waals surface area contributed by atoms with Gasteiger partial charge < -0.3 is 33.8 Å².